The van der Waals surface area contributed by atoms with Crippen molar-refractivity contribution in [3.63, 3.8) is 0 Å². The first kappa shape index (κ1) is 12.6. The van der Waals surface area contributed by atoms with Gasteiger partial charge in [-0.1, -0.05) is 0 Å². The van der Waals surface area contributed by atoms with Crippen LogP contribution >= 0.6 is 0 Å². The van der Waals surface area contributed by atoms with Crippen LogP contribution in [0.5, 0.6) is 0 Å². The summed E-state index contributed by atoms with van der Waals surface area (Å²) < 4.78 is 11.2. The highest BCUT2D eigenvalue weighted by Crippen LogP contribution is 2.20. The molecule has 0 aromatic carbocycles. The van der Waals surface area contributed by atoms with E-state index in [2.05, 4.69) is 6.07 Å². The zero-order valence-corrected chi connectivity index (χ0v) is 9.19. The smallest absolute Gasteiger partial charge is 0.0683 e. The van der Waals surface area contributed by atoms with Gasteiger partial charge in [0.05, 0.1) is 11.5 Å². The van der Waals surface area contributed by atoms with Crippen LogP contribution in [-0.4, -0.2) is 22.3 Å². The molecular weight excluding hydrogens is 184 g/mol. The average Bonchev–Trinajstić information content (AvgIpc) is 2.05. The Morgan fingerprint density at radius 2 is 2.08 bits per heavy atom. The summed E-state index contributed by atoms with van der Waals surface area (Å²) in [5.41, 5.74) is 4.98. The van der Waals surface area contributed by atoms with Gasteiger partial charge in [0, 0.05) is 28.9 Å². The molecule has 76 valence electrons. The lowest BCUT2D eigenvalue weighted by atomic mass is 9.90. The van der Waals surface area contributed by atoms with E-state index in [1.54, 1.807) is 0 Å². The molecule has 0 heterocycles. The number of hydrogen-bond donors (Lipinski definition) is 1. The molecule has 0 fully saturated rings. The van der Waals surface area contributed by atoms with E-state index >= 15 is 0 Å². The van der Waals surface area contributed by atoms with Crippen molar-refractivity contribution in [1.82, 2.24) is 0 Å². The van der Waals surface area contributed by atoms with Crippen LogP contribution in [0.1, 0.15) is 26.7 Å². The molecule has 2 N–H and O–H groups in total. The molecule has 0 spiro atoms. The molecule has 0 radical (unpaired) electrons. The Bertz CT molecular complexity index is 208. The van der Waals surface area contributed by atoms with Crippen LogP contribution in [0.15, 0.2) is 0 Å². The first-order valence-corrected chi connectivity index (χ1v) is 5.97. The summed E-state index contributed by atoms with van der Waals surface area (Å²) >= 11 is 0. The second kappa shape index (κ2) is 6.11. The van der Waals surface area contributed by atoms with Gasteiger partial charge in [-0.15, -0.1) is 0 Å². The second-order valence-electron chi connectivity index (χ2n) is 3.74. The second-order valence-corrected chi connectivity index (χ2v) is 5.43. The summed E-state index contributed by atoms with van der Waals surface area (Å²) in [5, 5.41) is 8.72. The number of hydrogen-bond acceptors (Lipinski definition) is 3. The molecule has 0 aromatic heterocycles. The van der Waals surface area contributed by atoms with Gasteiger partial charge in [0.25, 0.3) is 0 Å². The van der Waals surface area contributed by atoms with Gasteiger partial charge in [0.2, 0.25) is 0 Å². The van der Waals surface area contributed by atoms with Crippen LogP contribution in [0.4, 0.5) is 0 Å². The monoisotopic (exact) mass is 202 g/mol. The summed E-state index contributed by atoms with van der Waals surface area (Å²) in [7, 11) is -0.791. The van der Waals surface area contributed by atoms with Crippen molar-refractivity contribution in [2.24, 2.45) is 11.1 Å². The Morgan fingerprint density at radius 3 is 2.54 bits per heavy atom. The van der Waals surface area contributed by atoms with Crippen LogP contribution in [0, 0.1) is 16.7 Å². The summed E-state index contributed by atoms with van der Waals surface area (Å²) in [5.74, 6) is 1.25. The Kier molecular flexibility index (Phi) is 5.93. The van der Waals surface area contributed by atoms with Crippen molar-refractivity contribution in [1.29, 1.82) is 5.26 Å². The van der Waals surface area contributed by atoms with Gasteiger partial charge in [0.1, 0.15) is 0 Å². The fourth-order valence-electron chi connectivity index (χ4n) is 0.965. The van der Waals surface area contributed by atoms with Crippen LogP contribution < -0.4 is 5.73 Å². The molecule has 0 rings (SSSR count). The van der Waals surface area contributed by atoms with E-state index in [-0.39, 0.29) is 5.41 Å². The predicted molar refractivity (Wildman–Crippen MR) is 55.6 cm³/mol. The predicted octanol–water partition coefficient (Wildman–Crippen LogP) is 1.02. The van der Waals surface area contributed by atoms with Gasteiger partial charge >= 0.3 is 0 Å². The molecule has 0 saturated carbocycles. The van der Waals surface area contributed by atoms with Crippen LogP contribution in [-0.2, 0) is 10.8 Å². The Balaban J connectivity index is 3.57. The molecule has 13 heavy (non-hydrogen) atoms. The third-order valence-electron chi connectivity index (χ3n) is 1.82. The SMILES string of the molecule is CC(C)(C#N)CCCS(=O)CCN. The van der Waals surface area contributed by atoms with Crippen LogP contribution in [0.25, 0.3) is 0 Å². The van der Waals surface area contributed by atoms with Crippen molar-refractivity contribution < 1.29 is 4.21 Å². The molecule has 0 bridgehead atoms. The lowest BCUT2D eigenvalue weighted by molar-refractivity contribution is 0.447. The van der Waals surface area contributed by atoms with Crippen molar-refractivity contribution >= 4 is 10.8 Å². The van der Waals surface area contributed by atoms with E-state index in [1.165, 1.54) is 0 Å². The van der Waals surface area contributed by atoms with Gasteiger partial charge in [-0.05, 0) is 26.7 Å². The molecular formula is C9H18N2OS. The highest BCUT2D eigenvalue weighted by molar-refractivity contribution is 7.84. The topological polar surface area (TPSA) is 66.9 Å². The summed E-state index contributed by atoms with van der Waals surface area (Å²) in [4.78, 5) is 0. The van der Waals surface area contributed by atoms with E-state index in [1.807, 2.05) is 13.8 Å². The van der Waals surface area contributed by atoms with E-state index < -0.39 is 10.8 Å². The lowest BCUT2D eigenvalue weighted by Crippen LogP contribution is -2.14. The molecule has 1 atom stereocenters. The van der Waals surface area contributed by atoms with E-state index in [0.717, 1.165) is 12.8 Å². The first-order valence-electron chi connectivity index (χ1n) is 4.48. The van der Waals surface area contributed by atoms with Crippen molar-refractivity contribution in [3.05, 3.63) is 0 Å². The molecule has 1 unspecified atom stereocenters. The molecule has 0 saturated heterocycles. The van der Waals surface area contributed by atoms with E-state index in [0.29, 0.717) is 18.1 Å². The lowest BCUT2D eigenvalue weighted by Gasteiger charge is -2.13. The number of nitriles is 1. The molecule has 0 aliphatic carbocycles. The quantitative estimate of drug-likeness (QED) is 0.699. The Morgan fingerprint density at radius 1 is 1.46 bits per heavy atom. The van der Waals surface area contributed by atoms with Crippen LogP contribution in [0.3, 0.4) is 0 Å². The largest absolute Gasteiger partial charge is 0.330 e. The standard InChI is InChI=1S/C9H18N2OS/c1-9(2,8-11)4-3-6-13(12)7-5-10/h3-7,10H2,1-2H3. The Hall–Kier alpha value is -0.400. The fraction of sp³-hybridized carbons (Fsp3) is 0.889. The number of rotatable bonds is 6. The minimum atomic E-state index is -0.791. The number of nitrogens with zero attached hydrogens (tertiary/aromatic N) is 1. The third kappa shape index (κ3) is 6.73. The maximum Gasteiger partial charge on any atom is 0.0683 e. The van der Waals surface area contributed by atoms with Crippen molar-refractivity contribution in [3.8, 4) is 6.07 Å². The minimum absolute atomic E-state index is 0.285. The molecule has 3 nitrogen and oxygen atoms in total. The van der Waals surface area contributed by atoms with Gasteiger partial charge in [-0.3, -0.25) is 4.21 Å². The van der Waals surface area contributed by atoms with E-state index in [9.17, 15) is 4.21 Å². The van der Waals surface area contributed by atoms with Gasteiger partial charge in [-0.25, -0.2) is 0 Å². The normalized spacial score (nSPS) is 13.7. The van der Waals surface area contributed by atoms with Gasteiger partial charge in [-0.2, -0.15) is 5.26 Å². The third-order valence-corrected chi connectivity index (χ3v) is 3.26. The van der Waals surface area contributed by atoms with Gasteiger partial charge in [0.15, 0.2) is 0 Å². The molecule has 4 heteroatoms. The minimum Gasteiger partial charge on any atom is -0.330 e. The zero-order chi connectivity index (χ0) is 10.3. The fourth-order valence-corrected chi connectivity index (χ4v) is 1.90. The van der Waals surface area contributed by atoms with Crippen LogP contribution in [0.2, 0.25) is 0 Å². The zero-order valence-electron chi connectivity index (χ0n) is 8.38. The molecule has 0 aliphatic heterocycles. The maximum absolute atomic E-state index is 11.2. The maximum atomic E-state index is 11.2. The first-order chi connectivity index (χ1) is 6.02. The number of nitrogens with two attached hydrogens (primary N) is 1. The average molecular weight is 202 g/mol. The highest BCUT2D eigenvalue weighted by Gasteiger charge is 2.15. The Labute approximate surface area is 82.8 Å². The molecule has 0 aliphatic rings. The molecule has 0 aromatic rings. The summed E-state index contributed by atoms with van der Waals surface area (Å²) in [6, 6.07) is 2.22. The van der Waals surface area contributed by atoms with Crippen molar-refractivity contribution in [2.45, 2.75) is 26.7 Å². The van der Waals surface area contributed by atoms with E-state index in [4.69, 9.17) is 11.0 Å². The molecule has 0 amide bonds. The van der Waals surface area contributed by atoms with Gasteiger partial charge < -0.3 is 5.73 Å². The summed E-state index contributed by atoms with van der Waals surface area (Å²) in [6.45, 7) is 4.28. The highest BCUT2D eigenvalue weighted by atomic mass is 32.2. The van der Waals surface area contributed by atoms with Crippen molar-refractivity contribution in [2.75, 3.05) is 18.1 Å². The summed E-state index contributed by atoms with van der Waals surface area (Å²) in [6.07, 6.45) is 1.65.